The first-order chi connectivity index (χ1) is 16.0. The zero-order valence-electron chi connectivity index (χ0n) is 17.1. The Hall–Kier alpha value is -2.79. The van der Waals surface area contributed by atoms with Crippen molar-refractivity contribution in [1.29, 1.82) is 5.26 Å². The van der Waals surface area contributed by atoms with Crippen molar-refractivity contribution in [2.75, 3.05) is 11.9 Å². The summed E-state index contributed by atoms with van der Waals surface area (Å²) in [6.45, 7) is 0.163. The van der Waals surface area contributed by atoms with Gasteiger partial charge >= 0.3 is 5.97 Å². The van der Waals surface area contributed by atoms with Crippen molar-refractivity contribution < 1.29 is 23.4 Å². The van der Waals surface area contributed by atoms with Gasteiger partial charge < -0.3 is 15.5 Å². The van der Waals surface area contributed by atoms with Crippen molar-refractivity contribution in [1.82, 2.24) is 15.2 Å². The molecule has 0 aliphatic carbocycles. The minimum Gasteiger partial charge on any atom is -0.504 e. The van der Waals surface area contributed by atoms with E-state index in [1.54, 1.807) is 12.3 Å². The zero-order chi connectivity index (χ0) is 25.0. The number of hydrazine groups is 1. The monoisotopic (exact) mass is 546 g/mol. The van der Waals surface area contributed by atoms with Gasteiger partial charge in [0.25, 0.3) is 10.0 Å². The predicted octanol–water partition coefficient (Wildman–Crippen LogP) is 3.26. The number of aliphatic imine (C=N–C) groups is 1. The number of guanidine groups is 1. The number of benzene rings is 2. The Balaban J connectivity index is 1.96. The van der Waals surface area contributed by atoms with Gasteiger partial charge in [0, 0.05) is 6.54 Å². The van der Waals surface area contributed by atoms with Crippen LogP contribution in [0.25, 0.3) is 0 Å². The number of carbonyl (C=O) groups is 1. The van der Waals surface area contributed by atoms with Crippen LogP contribution in [0.5, 0.6) is 5.75 Å². The van der Waals surface area contributed by atoms with Gasteiger partial charge in [0.05, 0.1) is 26.4 Å². The van der Waals surface area contributed by atoms with E-state index in [-0.39, 0.29) is 45.4 Å². The Bertz CT molecular complexity index is 1300. The Morgan fingerprint density at radius 2 is 1.94 bits per heavy atom. The highest BCUT2D eigenvalue weighted by Crippen LogP contribution is 2.37. The number of carboxylic acids is 1. The maximum atomic E-state index is 13.0. The first kappa shape index (κ1) is 25.8. The number of anilines is 1. The number of hydrogen-bond donors (Lipinski definition) is 5. The van der Waals surface area contributed by atoms with E-state index in [1.807, 2.05) is 0 Å². The average molecular weight is 548 g/mol. The molecule has 15 heteroatoms. The molecule has 1 atom stereocenters. The zero-order valence-corrected chi connectivity index (χ0v) is 20.2. The normalized spacial score (nSPS) is 16.8. The molecule has 2 aromatic carbocycles. The smallest absolute Gasteiger partial charge is 0.322 e. The number of sulfonamides is 1. The number of nitrogens with zero attached hydrogens (tertiary/aromatic N) is 3. The number of aliphatic carboxylic acids is 1. The summed E-state index contributed by atoms with van der Waals surface area (Å²) in [5, 5.41) is 35.0. The molecule has 2 aromatic rings. The van der Waals surface area contributed by atoms with Crippen LogP contribution in [0.3, 0.4) is 0 Å². The number of halogens is 3. The molecule has 0 radical (unpaired) electrons. The molecule has 34 heavy (non-hydrogen) atoms. The summed E-state index contributed by atoms with van der Waals surface area (Å²) < 4.78 is 26.0. The van der Waals surface area contributed by atoms with Crippen LogP contribution in [0.15, 0.2) is 40.2 Å². The summed E-state index contributed by atoms with van der Waals surface area (Å²) in [7, 11) is -4.49. The van der Waals surface area contributed by atoms with Crippen molar-refractivity contribution >= 4 is 68.1 Å². The molecule has 1 heterocycles. The number of rotatable bonds is 6. The van der Waals surface area contributed by atoms with E-state index in [2.05, 4.69) is 20.5 Å². The van der Waals surface area contributed by atoms with E-state index < -0.39 is 32.7 Å². The lowest BCUT2D eigenvalue weighted by atomic mass is 10.2. The quantitative estimate of drug-likeness (QED) is 0.120. The van der Waals surface area contributed by atoms with Crippen LogP contribution in [-0.2, 0) is 14.8 Å². The molecule has 1 saturated heterocycles. The fraction of sp³-hybridized carbons (Fsp3) is 0.211. The van der Waals surface area contributed by atoms with Gasteiger partial charge in [-0.05, 0) is 37.1 Å². The minimum atomic E-state index is -4.49. The van der Waals surface area contributed by atoms with Gasteiger partial charge in [-0.15, -0.1) is 4.83 Å². The van der Waals surface area contributed by atoms with Gasteiger partial charge in [-0.2, -0.15) is 5.26 Å². The third kappa shape index (κ3) is 5.64. The van der Waals surface area contributed by atoms with E-state index in [4.69, 9.17) is 40.1 Å². The SMILES string of the molecule is N#CNC(=Nc1cccc(Cl)c1Cl)Nc1ccc(Cl)c(S(=O)(=O)NN2CCCC2C(=O)O)c1O. The maximum Gasteiger partial charge on any atom is 0.322 e. The lowest BCUT2D eigenvalue weighted by molar-refractivity contribution is -0.142. The van der Waals surface area contributed by atoms with Crippen LogP contribution in [0.2, 0.25) is 15.1 Å². The van der Waals surface area contributed by atoms with Crippen LogP contribution >= 0.6 is 34.8 Å². The standard InChI is InChI=1S/C19H17Cl3N6O5S/c20-10-3-1-4-12(15(10)22)25-19(24-9-23)26-13-7-6-11(21)17(16(13)29)34(32,33)27-28-8-2-5-14(28)18(30)31/h1,3-4,6-7,14,27,29H,2,5,8H2,(H,30,31)(H2,24,25,26). The molecule has 1 aliphatic heterocycles. The molecule has 180 valence electrons. The maximum absolute atomic E-state index is 13.0. The number of hydrogen-bond acceptors (Lipinski definition) is 7. The second-order valence-electron chi connectivity index (χ2n) is 6.95. The molecule has 11 nitrogen and oxygen atoms in total. The molecular formula is C19H17Cl3N6O5S. The summed E-state index contributed by atoms with van der Waals surface area (Å²) in [5.41, 5.74) is 0.0248. The predicted molar refractivity (Wildman–Crippen MR) is 127 cm³/mol. The molecule has 1 aliphatic rings. The summed E-state index contributed by atoms with van der Waals surface area (Å²) in [6, 6.07) is 6.05. The summed E-state index contributed by atoms with van der Waals surface area (Å²) >= 11 is 18.1. The molecule has 0 spiro atoms. The minimum absolute atomic E-state index is 0.106. The number of phenols is 1. The van der Waals surface area contributed by atoms with Crippen LogP contribution in [-0.4, -0.2) is 48.2 Å². The van der Waals surface area contributed by atoms with Gasteiger partial charge in [0.1, 0.15) is 10.9 Å². The first-order valence-electron chi connectivity index (χ1n) is 9.53. The number of nitrogens with one attached hydrogen (secondary N) is 3. The third-order valence-corrected chi connectivity index (χ3v) is 7.38. The Labute approximate surface area is 209 Å². The molecule has 1 unspecified atom stereocenters. The number of nitriles is 1. The summed E-state index contributed by atoms with van der Waals surface area (Å²) in [4.78, 5) is 17.0. The van der Waals surface area contributed by atoms with Crippen LogP contribution < -0.4 is 15.5 Å². The molecule has 0 saturated carbocycles. The van der Waals surface area contributed by atoms with Crippen molar-refractivity contribution in [2.45, 2.75) is 23.8 Å². The van der Waals surface area contributed by atoms with E-state index in [0.717, 1.165) is 5.01 Å². The Kier molecular flexibility index (Phi) is 8.09. The van der Waals surface area contributed by atoms with Gasteiger partial charge in [-0.1, -0.05) is 40.9 Å². The van der Waals surface area contributed by atoms with Crippen LogP contribution in [0.1, 0.15) is 12.8 Å². The molecule has 5 N–H and O–H groups in total. The third-order valence-electron chi connectivity index (χ3n) is 4.72. The molecule has 0 bridgehead atoms. The first-order valence-corrected chi connectivity index (χ1v) is 12.1. The van der Waals surface area contributed by atoms with Crippen LogP contribution in [0.4, 0.5) is 11.4 Å². The fourth-order valence-corrected chi connectivity index (χ4v) is 5.31. The van der Waals surface area contributed by atoms with Crippen molar-refractivity contribution in [2.24, 2.45) is 4.99 Å². The lowest BCUT2D eigenvalue weighted by Gasteiger charge is -2.23. The van der Waals surface area contributed by atoms with Gasteiger partial charge in [0.15, 0.2) is 11.9 Å². The highest BCUT2D eigenvalue weighted by molar-refractivity contribution is 7.89. The summed E-state index contributed by atoms with van der Waals surface area (Å²) in [5.74, 6) is -2.17. The summed E-state index contributed by atoms with van der Waals surface area (Å²) in [6.07, 6.45) is 2.38. The number of aromatic hydroxyl groups is 1. The number of carboxylic acid groups (broad SMARTS) is 1. The van der Waals surface area contributed by atoms with Gasteiger partial charge in [0.2, 0.25) is 5.96 Å². The van der Waals surface area contributed by atoms with Crippen LogP contribution in [0, 0.1) is 11.5 Å². The van der Waals surface area contributed by atoms with Gasteiger partial charge in [-0.3, -0.25) is 10.1 Å². The molecule has 1 fully saturated rings. The molecular weight excluding hydrogens is 531 g/mol. The van der Waals surface area contributed by atoms with E-state index in [9.17, 15) is 23.4 Å². The van der Waals surface area contributed by atoms with E-state index in [1.165, 1.54) is 24.3 Å². The highest BCUT2D eigenvalue weighted by Gasteiger charge is 2.35. The average Bonchev–Trinajstić information content (AvgIpc) is 3.21. The Morgan fingerprint density at radius 1 is 1.21 bits per heavy atom. The van der Waals surface area contributed by atoms with Crippen molar-refractivity contribution in [3.05, 3.63) is 45.4 Å². The Morgan fingerprint density at radius 3 is 2.62 bits per heavy atom. The van der Waals surface area contributed by atoms with Gasteiger partial charge in [-0.25, -0.2) is 18.4 Å². The second kappa shape index (κ2) is 10.6. The number of phenolic OH excluding ortho intramolecular Hbond substituents is 1. The van der Waals surface area contributed by atoms with E-state index in [0.29, 0.717) is 6.42 Å². The van der Waals surface area contributed by atoms with E-state index >= 15 is 0 Å². The highest BCUT2D eigenvalue weighted by atomic mass is 35.5. The lowest BCUT2D eigenvalue weighted by Crippen LogP contribution is -2.48. The molecule has 0 aromatic heterocycles. The largest absolute Gasteiger partial charge is 0.504 e. The molecule has 3 rings (SSSR count). The molecule has 0 amide bonds. The topological polar surface area (TPSA) is 167 Å². The van der Waals surface area contributed by atoms with Crippen molar-refractivity contribution in [3.8, 4) is 11.9 Å². The van der Waals surface area contributed by atoms with Crippen molar-refractivity contribution in [3.63, 3.8) is 0 Å². The fourth-order valence-electron chi connectivity index (χ4n) is 3.20. The second-order valence-corrected chi connectivity index (χ2v) is 9.74.